The van der Waals surface area contributed by atoms with Gasteiger partial charge in [0.25, 0.3) is 0 Å². The molecule has 0 aliphatic carbocycles. The first-order chi connectivity index (χ1) is 13.7. The molecule has 0 radical (unpaired) electrons. The van der Waals surface area contributed by atoms with E-state index < -0.39 is 5.72 Å². The Hall–Kier alpha value is -2.79. The summed E-state index contributed by atoms with van der Waals surface area (Å²) < 4.78 is 13.6. The molecule has 3 nitrogen and oxygen atoms in total. The number of nitrogens with zero attached hydrogens (tertiary/aromatic N) is 2. The molecule has 2 atom stereocenters. The van der Waals surface area contributed by atoms with Crippen LogP contribution in [0.25, 0.3) is 0 Å². The van der Waals surface area contributed by atoms with Crippen molar-refractivity contribution in [2.45, 2.75) is 29.2 Å². The molecule has 5 heteroatoms. The van der Waals surface area contributed by atoms with Gasteiger partial charge in [-0.05, 0) is 24.3 Å². The molecule has 0 N–H and O–H groups in total. The molecule has 0 fully saturated rings. The predicted molar refractivity (Wildman–Crippen MR) is 111 cm³/mol. The minimum atomic E-state index is -0.808. The lowest BCUT2D eigenvalue weighted by Gasteiger charge is -2.37. The van der Waals surface area contributed by atoms with Gasteiger partial charge in [-0.2, -0.15) is 0 Å². The van der Waals surface area contributed by atoms with Gasteiger partial charge in [-0.15, -0.1) is 11.8 Å². The Bertz CT molecular complexity index is 1040. The number of rotatable bonds is 2. The van der Waals surface area contributed by atoms with Crippen LogP contribution in [0.15, 0.2) is 88.9 Å². The highest BCUT2D eigenvalue weighted by Crippen LogP contribution is 2.51. The number of hydrogen-bond acceptors (Lipinski definition) is 4. The van der Waals surface area contributed by atoms with E-state index in [1.807, 2.05) is 48.2 Å². The number of oxime groups is 1. The van der Waals surface area contributed by atoms with Crippen molar-refractivity contribution in [3.8, 4) is 0 Å². The largest absolute Gasteiger partial charge is 0.360 e. The van der Waals surface area contributed by atoms with Crippen molar-refractivity contribution in [2.75, 3.05) is 4.90 Å². The fraction of sp³-hybridized carbons (Fsp3) is 0.174. The van der Waals surface area contributed by atoms with E-state index in [1.165, 1.54) is 17.0 Å². The third kappa shape index (κ3) is 2.69. The standard InChI is InChI=1S/C23H19FN2OS/c1-16-15-23(18-11-13-19(24)14-12-18)26(20-9-5-6-10-21(20)28-16)22(25-27-23)17-7-3-2-4-8-17/h2-14,16H,15H2,1H3. The van der Waals surface area contributed by atoms with Crippen molar-refractivity contribution in [3.05, 3.63) is 95.8 Å². The van der Waals surface area contributed by atoms with Crippen molar-refractivity contribution in [1.29, 1.82) is 0 Å². The van der Waals surface area contributed by atoms with Gasteiger partial charge in [0.05, 0.1) is 5.69 Å². The van der Waals surface area contributed by atoms with Crippen LogP contribution in [0.2, 0.25) is 0 Å². The molecule has 0 aromatic heterocycles. The molecule has 2 unspecified atom stereocenters. The van der Waals surface area contributed by atoms with Crippen molar-refractivity contribution in [2.24, 2.45) is 5.16 Å². The number of para-hydroxylation sites is 1. The van der Waals surface area contributed by atoms with Crippen LogP contribution in [-0.4, -0.2) is 11.1 Å². The summed E-state index contributed by atoms with van der Waals surface area (Å²) in [5, 5.41) is 4.83. The summed E-state index contributed by atoms with van der Waals surface area (Å²) in [7, 11) is 0. The molecule has 5 rings (SSSR count). The quantitative estimate of drug-likeness (QED) is 0.556. The van der Waals surface area contributed by atoms with Crippen LogP contribution in [0.3, 0.4) is 0 Å². The molecular formula is C23H19FN2OS. The third-order valence-electron chi connectivity index (χ3n) is 5.18. The molecule has 0 saturated carbocycles. The lowest BCUT2D eigenvalue weighted by atomic mass is 9.94. The van der Waals surface area contributed by atoms with Gasteiger partial charge in [0.2, 0.25) is 5.72 Å². The maximum absolute atomic E-state index is 13.6. The number of hydrogen-bond donors (Lipinski definition) is 0. The number of amidine groups is 1. The average molecular weight is 390 g/mol. The van der Waals surface area contributed by atoms with Gasteiger partial charge in [-0.3, -0.25) is 4.90 Å². The van der Waals surface area contributed by atoms with Crippen LogP contribution in [0.4, 0.5) is 10.1 Å². The summed E-state index contributed by atoms with van der Waals surface area (Å²) in [6, 6.07) is 25.0. The lowest BCUT2D eigenvalue weighted by Crippen LogP contribution is -2.47. The Balaban J connectivity index is 1.74. The first kappa shape index (κ1) is 17.3. The van der Waals surface area contributed by atoms with Crippen molar-refractivity contribution in [1.82, 2.24) is 0 Å². The molecule has 0 bridgehead atoms. The van der Waals surface area contributed by atoms with Crippen LogP contribution in [-0.2, 0) is 10.6 Å². The topological polar surface area (TPSA) is 24.8 Å². The second kappa shape index (κ2) is 6.67. The first-order valence-electron chi connectivity index (χ1n) is 9.31. The number of fused-ring (bicyclic) bond motifs is 3. The third-order valence-corrected chi connectivity index (χ3v) is 6.35. The Labute approximate surface area is 167 Å². The molecule has 2 aliphatic heterocycles. The first-order valence-corrected chi connectivity index (χ1v) is 10.2. The molecule has 0 saturated heterocycles. The molecule has 2 aliphatic rings. The van der Waals surface area contributed by atoms with E-state index in [9.17, 15) is 4.39 Å². The fourth-order valence-electron chi connectivity index (χ4n) is 3.98. The molecule has 140 valence electrons. The van der Waals surface area contributed by atoms with Gasteiger partial charge in [0.15, 0.2) is 5.84 Å². The van der Waals surface area contributed by atoms with Gasteiger partial charge in [-0.1, -0.05) is 66.7 Å². The summed E-state index contributed by atoms with van der Waals surface area (Å²) in [6.45, 7) is 2.19. The smallest absolute Gasteiger partial charge is 0.242 e. The second-order valence-corrected chi connectivity index (χ2v) is 8.58. The van der Waals surface area contributed by atoms with E-state index in [0.29, 0.717) is 5.25 Å². The Morgan fingerprint density at radius 3 is 2.50 bits per heavy atom. The van der Waals surface area contributed by atoms with Crippen molar-refractivity contribution < 1.29 is 9.23 Å². The molecular weight excluding hydrogens is 371 g/mol. The minimum absolute atomic E-state index is 0.259. The van der Waals surface area contributed by atoms with Crippen LogP contribution in [0, 0.1) is 5.82 Å². The monoisotopic (exact) mass is 390 g/mol. The molecule has 28 heavy (non-hydrogen) atoms. The Kier molecular flexibility index (Phi) is 4.13. The number of anilines is 1. The summed E-state index contributed by atoms with van der Waals surface area (Å²) in [5.74, 6) is 0.511. The lowest BCUT2D eigenvalue weighted by molar-refractivity contribution is -0.0274. The van der Waals surface area contributed by atoms with E-state index in [2.05, 4.69) is 35.2 Å². The molecule has 0 amide bonds. The summed E-state index contributed by atoms with van der Waals surface area (Å²) in [4.78, 5) is 9.59. The van der Waals surface area contributed by atoms with Crippen LogP contribution in [0.5, 0.6) is 0 Å². The minimum Gasteiger partial charge on any atom is -0.360 e. The fourth-order valence-corrected chi connectivity index (χ4v) is 5.16. The number of thioether (sulfide) groups is 1. The average Bonchev–Trinajstić information content (AvgIpc) is 3.03. The molecule has 2 heterocycles. The van der Waals surface area contributed by atoms with Gasteiger partial charge >= 0.3 is 0 Å². The van der Waals surface area contributed by atoms with Gasteiger partial charge < -0.3 is 4.84 Å². The van der Waals surface area contributed by atoms with Gasteiger partial charge in [0, 0.05) is 27.7 Å². The maximum atomic E-state index is 13.6. The number of benzene rings is 3. The van der Waals surface area contributed by atoms with E-state index >= 15 is 0 Å². The summed E-state index contributed by atoms with van der Waals surface area (Å²) in [6.07, 6.45) is 0.720. The predicted octanol–water partition coefficient (Wildman–Crippen LogP) is 5.76. The summed E-state index contributed by atoms with van der Waals surface area (Å²) >= 11 is 1.83. The second-order valence-electron chi connectivity index (χ2n) is 7.10. The zero-order valence-corrected chi connectivity index (χ0v) is 16.2. The Morgan fingerprint density at radius 2 is 1.71 bits per heavy atom. The van der Waals surface area contributed by atoms with E-state index in [0.717, 1.165) is 29.1 Å². The van der Waals surface area contributed by atoms with E-state index in [1.54, 1.807) is 12.1 Å². The highest BCUT2D eigenvalue weighted by atomic mass is 32.2. The highest BCUT2D eigenvalue weighted by Gasteiger charge is 2.52. The van der Waals surface area contributed by atoms with E-state index in [-0.39, 0.29) is 5.82 Å². The maximum Gasteiger partial charge on any atom is 0.242 e. The van der Waals surface area contributed by atoms with Crippen LogP contribution < -0.4 is 4.90 Å². The highest BCUT2D eigenvalue weighted by molar-refractivity contribution is 8.00. The summed E-state index contributed by atoms with van der Waals surface area (Å²) in [5.41, 5.74) is 2.13. The molecule has 3 aromatic rings. The van der Waals surface area contributed by atoms with Crippen LogP contribution in [0.1, 0.15) is 24.5 Å². The van der Waals surface area contributed by atoms with Gasteiger partial charge in [0.1, 0.15) is 5.82 Å². The van der Waals surface area contributed by atoms with Crippen molar-refractivity contribution in [3.63, 3.8) is 0 Å². The van der Waals surface area contributed by atoms with Crippen LogP contribution >= 0.6 is 11.8 Å². The van der Waals surface area contributed by atoms with Crippen molar-refractivity contribution >= 4 is 23.3 Å². The zero-order chi connectivity index (χ0) is 19.1. The Morgan fingerprint density at radius 1 is 1.00 bits per heavy atom. The van der Waals surface area contributed by atoms with E-state index in [4.69, 9.17) is 4.84 Å². The zero-order valence-electron chi connectivity index (χ0n) is 15.4. The molecule has 3 aromatic carbocycles. The SMILES string of the molecule is CC1CC2(c3ccc(F)cc3)ON=C(c3ccccc3)N2c2ccccc2S1. The molecule has 0 spiro atoms. The van der Waals surface area contributed by atoms with Gasteiger partial charge in [-0.25, -0.2) is 4.39 Å². The number of halogens is 1. The normalized spacial score (nSPS) is 23.3.